The molecule has 4 nitrogen and oxygen atoms in total. The maximum absolute atomic E-state index is 12.7. The number of alkyl halides is 3. The van der Waals surface area contributed by atoms with E-state index in [0.717, 1.165) is 31.5 Å². The first-order valence-electron chi connectivity index (χ1n) is 7.18. The van der Waals surface area contributed by atoms with Gasteiger partial charge in [0.1, 0.15) is 0 Å². The van der Waals surface area contributed by atoms with E-state index >= 15 is 0 Å². The van der Waals surface area contributed by atoms with Crippen molar-refractivity contribution < 1.29 is 17.7 Å². The normalized spacial score (nSPS) is 22.7. The molecule has 0 spiro atoms. The fraction of sp³-hybridized carbons (Fsp3) is 0.467. The Labute approximate surface area is 125 Å². The summed E-state index contributed by atoms with van der Waals surface area (Å²) >= 11 is 0. The maximum Gasteiger partial charge on any atom is 0.416 e. The van der Waals surface area contributed by atoms with Gasteiger partial charge in [-0.25, -0.2) is 0 Å². The molecule has 1 aromatic carbocycles. The Morgan fingerprint density at radius 1 is 1.32 bits per heavy atom. The van der Waals surface area contributed by atoms with Gasteiger partial charge in [-0.2, -0.15) is 18.2 Å². The smallest absolute Gasteiger partial charge is 0.337 e. The SMILES string of the molecule is CC1CCNC(c2nc(-c3cccc(C(F)(F)F)c3)no2)C1. The number of hydrogen-bond donors (Lipinski definition) is 1. The van der Waals surface area contributed by atoms with Gasteiger partial charge >= 0.3 is 6.18 Å². The zero-order chi connectivity index (χ0) is 15.7. The highest BCUT2D eigenvalue weighted by molar-refractivity contribution is 5.55. The Morgan fingerprint density at radius 2 is 2.14 bits per heavy atom. The van der Waals surface area contributed by atoms with Gasteiger partial charge in [-0.1, -0.05) is 24.2 Å². The topological polar surface area (TPSA) is 51.0 Å². The predicted molar refractivity (Wildman–Crippen MR) is 73.9 cm³/mol. The van der Waals surface area contributed by atoms with Gasteiger partial charge in [0.2, 0.25) is 11.7 Å². The minimum absolute atomic E-state index is 0.0317. The van der Waals surface area contributed by atoms with Gasteiger partial charge in [0.15, 0.2) is 0 Å². The molecule has 1 fully saturated rings. The van der Waals surface area contributed by atoms with E-state index in [9.17, 15) is 13.2 Å². The van der Waals surface area contributed by atoms with Gasteiger partial charge < -0.3 is 9.84 Å². The van der Waals surface area contributed by atoms with Crippen molar-refractivity contribution in [3.8, 4) is 11.4 Å². The summed E-state index contributed by atoms with van der Waals surface area (Å²) in [5.41, 5.74) is -0.422. The lowest BCUT2D eigenvalue weighted by Crippen LogP contribution is -2.30. The van der Waals surface area contributed by atoms with Crippen LogP contribution >= 0.6 is 0 Å². The van der Waals surface area contributed by atoms with E-state index in [1.54, 1.807) is 6.07 Å². The van der Waals surface area contributed by atoms with Crippen LogP contribution in [0.2, 0.25) is 0 Å². The largest absolute Gasteiger partial charge is 0.416 e. The number of nitrogens with one attached hydrogen (secondary N) is 1. The standard InChI is InChI=1S/C15H16F3N3O/c1-9-5-6-19-12(7-9)14-20-13(21-22-14)10-3-2-4-11(8-10)15(16,17)18/h2-4,8-9,12,19H,5-7H2,1H3. The molecule has 1 N–H and O–H groups in total. The van der Waals surface area contributed by atoms with Crippen molar-refractivity contribution in [3.63, 3.8) is 0 Å². The molecule has 2 aromatic rings. The van der Waals surface area contributed by atoms with E-state index in [1.165, 1.54) is 6.07 Å². The molecule has 1 aromatic heterocycles. The van der Waals surface area contributed by atoms with Gasteiger partial charge in [0, 0.05) is 5.56 Å². The van der Waals surface area contributed by atoms with Crippen LogP contribution in [0.3, 0.4) is 0 Å². The molecule has 1 aliphatic heterocycles. The number of piperidine rings is 1. The lowest BCUT2D eigenvalue weighted by molar-refractivity contribution is -0.137. The van der Waals surface area contributed by atoms with Gasteiger partial charge in [0.05, 0.1) is 11.6 Å². The van der Waals surface area contributed by atoms with Gasteiger partial charge in [0.25, 0.3) is 0 Å². The summed E-state index contributed by atoms with van der Waals surface area (Å²) in [6, 6.07) is 4.91. The van der Waals surface area contributed by atoms with Crippen LogP contribution in [0.1, 0.15) is 37.3 Å². The highest BCUT2D eigenvalue weighted by Crippen LogP contribution is 2.32. The fourth-order valence-corrected chi connectivity index (χ4v) is 2.62. The Balaban J connectivity index is 1.85. The summed E-state index contributed by atoms with van der Waals surface area (Å²) in [4.78, 5) is 4.25. The third kappa shape index (κ3) is 3.14. The van der Waals surface area contributed by atoms with Gasteiger partial charge in [-0.15, -0.1) is 0 Å². The molecular formula is C15H16F3N3O. The molecule has 1 saturated heterocycles. The molecule has 22 heavy (non-hydrogen) atoms. The Kier molecular flexibility index (Phi) is 3.90. The molecular weight excluding hydrogens is 295 g/mol. The zero-order valence-corrected chi connectivity index (χ0v) is 12.0. The Morgan fingerprint density at radius 3 is 2.86 bits per heavy atom. The predicted octanol–water partition coefficient (Wildman–Crippen LogP) is 3.82. The van der Waals surface area contributed by atoms with E-state index in [0.29, 0.717) is 17.4 Å². The van der Waals surface area contributed by atoms with E-state index in [4.69, 9.17) is 4.52 Å². The summed E-state index contributed by atoms with van der Waals surface area (Å²) in [5, 5.41) is 7.11. The first-order chi connectivity index (χ1) is 10.4. The van der Waals surface area contributed by atoms with Crippen molar-refractivity contribution in [1.82, 2.24) is 15.5 Å². The monoisotopic (exact) mass is 311 g/mol. The van der Waals surface area contributed by atoms with Crippen molar-refractivity contribution in [3.05, 3.63) is 35.7 Å². The number of aromatic nitrogens is 2. The minimum Gasteiger partial charge on any atom is -0.337 e. The molecule has 1 aliphatic rings. The quantitative estimate of drug-likeness (QED) is 0.916. The molecule has 0 radical (unpaired) electrons. The number of nitrogens with zero attached hydrogens (tertiary/aromatic N) is 2. The minimum atomic E-state index is -4.39. The molecule has 0 saturated carbocycles. The third-order valence-electron chi connectivity index (χ3n) is 3.85. The molecule has 0 amide bonds. The van der Waals surface area contributed by atoms with Crippen LogP contribution in [0.4, 0.5) is 13.2 Å². The van der Waals surface area contributed by atoms with Gasteiger partial charge in [-0.05, 0) is 37.4 Å². The molecule has 2 heterocycles. The van der Waals surface area contributed by atoms with Crippen LogP contribution in [-0.4, -0.2) is 16.7 Å². The van der Waals surface area contributed by atoms with Crippen molar-refractivity contribution >= 4 is 0 Å². The first-order valence-corrected chi connectivity index (χ1v) is 7.18. The number of benzene rings is 1. The Hall–Kier alpha value is -1.89. The van der Waals surface area contributed by atoms with E-state index in [2.05, 4.69) is 22.4 Å². The van der Waals surface area contributed by atoms with Crippen molar-refractivity contribution in [2.24, 2.45) is 5.92 Å². The van der Waals surface area contributed by atoms with Crippen LogP contribution in [0.15, 0.2) is 28.8 Å². The molecule has 2 atom stereocenters. The van der Waals surface area contributed by atoms with E-state index in [1.807, 2.05) is 0 Å². The third-order valence-corrected chi connectivity index (χ3v) is 3.85. The van der Waals surface area contributed by atoms with Crippen molar-refractivity contribution in [1.29, 1.82) is 0 Å². The highest BCUT2D eigenvalue weighted by Gasteiger charge is 2.31. The molecule has 0 aliphatic carbocycles. The van der Waals surface area contributed by atoms with Gasteiger partial charge in [-0.3, -0.25) is 0 Å². The summed E-state index contributed by atoms with van der Waals surface area (Å²) < 4.78 is 43.5. The number of halogens is 3. The fourth-order valence-electron chi connectivity index (χ4n) is 2.62. The van der Waals surface area contributed by atoms with E-state index < -0.39 is 11.7 Å². The average Bonchev–Trinajstić information content (AvgIpc) is 2.96. The second-order valence-corrected chi connectivity index (χ2v) is 5.67. The van der Waals surface area contributed by atoms with Crippen molar-refractivity contribution in [2.75, 3.05) is 6.54 Å². The lowest BCUT2D eigenvalue weighted by Gasteiger charge is -2.25. The first kappa shape index (κ1) is 15.0. The van der Waals surface area contributed by atoms with E-state index in [-0.39, 0.29) is 11.9 Å². The second kappa shape index (κ2) is 5.72. The molecule has 118 valence electrons. The number of hydrogen-bond acceptors (Lipinski definition) is 4. The summed E-state index contributed by atoms with van der Waals surface area (Å²) in [6.07, 6.45) is -2.42. The lowest BCUT2D eigenvalue weighted by atomic mass is 9.94. The van der Waals surface area contributed by atoms with Crippen LogP contribution in [0, 0.1) is 5.92 Å². The summed E-state index contributed by atoms with van der Waals surface area (Å²) in [7, 11) is 0. The van der Waals surface area contributed by atoms with Crippen LogP contribution in [0.5, 0.6) is 0 Å². The molecule has 3 rings (SSSR count). The average molecular weight is 311 g/mol. The molecule has 7 heteroatoms. The molecule has 0 bridgehead atoms. The van der Waals surface area contributed by atoms with Crippen LogP contribution in [0.25, 0.3) is 11.4 Å². The highest BCUT2D eigenvalue weighted by atomic mass is 19.4. The maximum atomic E-state index is 12.7. The summed E-state index contributed by atoms with van der Waals surface area (Å²) in [5.74, 6) is 1.16. The van der Waals surface area contributed by atoms with Crippen LogP contribution in [-0.2, 0) is 6.18 Å². The second-order valence-electron chi connectivity index (χ2n) is 5.67. The summed E-state index contributed by atoms with van der Waals surface area (Å²) in [6.45, 7) is 3.02. The Bertz CT molecular complexity index is 653. The zero-order valence-electron chi connectivity index (χ0n) is 12.0. The number of rotatable bonds is 2. The molecule has 2 unspecified atom stereocenters. The van der Waals surface area contributed by atoms with Crippen LogP contribution < -0.4 is 5.32 Å². The van der Waals surface area contributed by atoms with Crippen molar-refractivity contribution in [2.45, 2.75) is 32.0 Å².